The lowest BCUT2D eigenvalue weighted by Gasteiger charge is -2.30. The molecular formula is C28H32N2O7. The van der Waals surface area contributed by atoms with Crippen molar-refractivity contribution in [2.45, 2.75) is 19.4 Å². The lowest BCUT2D eigenvalue weighted by Crippen LogP contribution is -3.14. The van der Waals surface area contributed by atoms with Gasteiger partial charge >= 0.3 is 0 Å². The Hall–Kier alpha value is -3.56. The summed E-state index contributed by atoms with van der Waals surface area (Å²) in [6, 6.07) is 11.4. The van der Waals surface area contributed by atoms with Crippen molar-refractivity contribution in [2.24, 2.45) is 0 Å². The number of hydrogen-bond donors (Lipinski definition) is 1. The molecule has 0 spiro atoms. The normalized spacial score (nSPS) is 21.3. The van der Waals surface area contributed by atoms with E-state index in [9.17, 15) is 14.7 Å². The fourth-order valence-corrected chi connectivity index (χ4v) is 4.97. The van der Waals surface area contributed by atoms with E-state index in [2.05, 4.69) is 0 Å². The summed E-state index contributed by atoms with van der Waals surface area (Å²) in [5.74, 6) is -0.263. The third-order valence-electron chi connectivity index (χ3n) is 6.89. The van der Waals surface area contributed by atoms with Gasteiger partial charge in [0.2, 0.25) is 5.78 Å². The summed E-state index contributed by atoms with van der Waals surface area (Å²) in [5, 5.41) is 13.8. The van der Waals surface area contributed by atoms with Gasteiger partial charge in [-0.2, -0.15) is 0 Å². The van der Waals surface area contributed by atoms with E-state index in [0.29, 0.717) is 68.9 Å². The fraction of sp³-hybridized carbons (Fsp3) is 0.429. The minimum Gasteiger partial charge on any atom is -0.872 e. The van der Waals surface area contributed by atoms with Crippen LogP contribution in [0.25, 0.3) is 5.76 Å². The Bertz CT molecular complexity index is 1190. The zero-order chi connectivity index (χ0) is 25.8. The van der Waals surface area contributed by atoms with Gasteiger partial charge in [0.15, 0.2) is 11.5 Å². The molecule has 3 aliphatic heterocycles. The number of ketones is 1. The number of quaternary nitrogens is 1. The van der Waals surface area contributed by atoms with Gasteiger partial charge in [0, 0.05) is 5.57 Å². The maximum Gasteiger partial charge on any atom is 0.295 e. The highest BCUT2D eigenvalue weighted by molar-refractivity contribution is 6.46. The first-order valence-corrected chi connectivity index (χ1v) is 12.9. The van der Waals surface area contributed by atoms with Gasteiger partial charge in [-0.05, 0) is 41.8 Å². The van der Waals surface area contributed by atoms with Gasteiger partial charge in [-0.25, -0.2) is 0 Å². The first-order chi connectivity index (χ1) is 18.1. The number of hydrogen-bond acceptors (Lipinski definition) is 7. The van der Waals surface area contributed by atoms with Crippen molar-refractivity contribution in [3.63, 3.8) is 0 Å². The van der Waals surface area contributed by atoms with E-state index in [0.717, 1.165) is 19.5 Å². The van der Waals surface area contributed by atoms with E-state index in [1.54, 1.807) is 18.2 Å². The second-order valence-corrected chi connectivity index (χ2v) is 9.36. The number of benzene rings is 2. The second kappa shape index (κ2) is 11.2. The number of ether oxygens (including phenoxy) is 4. The Morgan fingerprint density at radius 2 is 1.84 bits per heavy atom. The molecular weight excluding hydrogens is 476 g/mol. The van der Waals surface area contributed by atoms with Crippen molar-refractivity contribution in [2.75, 3.05) is 59.2 Å². The number of carbonyl (C=O) groups is 2. The van der Waals surface area contributed by atoms with Gasteiger partial charge in [0.1, 0.15) is 32.1 Å². The van der Waals surface area contributed by atoms with Crippen LogP contribution >= 0.6 is 0 Å². The van der Waals surface area contributed by atoms with Crippen LogP contribution in [0.4, 0.5) is 0 Å². The molecule has 3 heterocycles. The van der Waals surface area contributed by atoms with Crippen LogP contribution in [0.2, 0.25) is 0 Å². The first kappa shape index (κ1) is 25.1. The van der Waals surface area contributed by atoms with E-state index in [-0.39, 0.29) is 11.1 Å². The number of nitrogens with one attached hydrogen (secondary N) is 1. The molecule has 1 unspecified atom stereocenters. The number of rotatable bonds is 8. The number of Topliss-reactive ketones (excluding diaryl/α,β-unsaturated/α-hetero) is 1. The predicted molar refractivity (Wildman–Crippen MR) is 132 cm³/mol. The molecule has 9 nitrogen and oxygen atoms in total. The SMILES string of the molecule is CCCOc1cccc(C2C(=C([O-])c3ccc4c(c3)OCCO4)C(=O)C(=O)N2CC[NH+]2CCOCC2)c1. The molecule has 9 heteroatoms. The quantitative estimate of drug-likeness (QED) is 0.313. The number of amides is 1. The van der Waals surface area contributed by atoms with Gasteiger partial charge in [-0.15, -0.1) is 0 Å². The molecule has 1 N–H and O–H groups in total. The fourth-order valence-electron chi connectivity index (χ4n) is 4.97. The number of carbonyl (C=O) groups excluding carboxylic acids is 2. The Balaban J connectivity index is 1.53. The lowest BCUT2D eigenvalue weighted by molar-refractivity contribution is -0.907. The van der Waals surface area contributed by atoms with E-state index in [1.807, 2.05) is 31.2 Å². The molecule has 2 aromatic carbocycles. The van der Waals surface area contributed by atoms with Gasteiger partial charge in [-0.3, -0.25) is 9.59 Å². The van der Waals surface area contributed by atoms with E-state index in [4.69, 9.17) is 18.9 Å². The molecule has 1 amide bonds. The molecule has 1 atom stereocenters. The van der Waals surface area contributed by atoms with Crippen LogP contribution in [0.1, 0.15) is 30.5 Å². The summed E-state index contributed by atoms with van der Waals surface area (Å²) in [6.45, 7) is 7.41. The summed E-state index contributed by atoms with van der Waals surface area (Å²) < 4.78 is 22.5. The minimum absolute atomic E-state index is 0.0497. The molecule has 0 aromatic heterocycles. The molecule has 2 saturated heterocycles. The number of morpholine rings is 1. The Morgan fingerprint density at radius 1 is 1.05 bits per heavy atom. The largest absolute Gasteiger partial charge is 0.872 e. The minimum atomic E-state index is -0.800. The average Bonchev–Trinajstić information content (AvgIpc) is 3.20. The zero-order valence-corrected chi connectivity index (χ0v) is 21.0. The molecule has 0 bridgehead atoms. The standard InChI is InChI=1S/C28H32N2O7/c1-2-12-35-21-5-3-4-19(17-21)25-24(26(31)20-6-7-22-23(18-20)37-16-15-36-22)27(32)28(33)30(25)9-8-29-10-13-34-14-11-29/h3-7,17-18,25,31H,2,8-16H2,1H3. The Morgan fingerprint density at radius 3 is 2.62 bits per heavy atom. The summed E-state index contributed by atoms with van der Waals surface area (Å²) in [6.07, 6.45) is 0.846. The van der Waals surface area contributed by atoms with Crippen LogP contribution in [0, 0.1) is 0 Å². The molecule has 196 valence electrons. The molecule has 0 saturated carbocycles. The predicted octanol–water partition coefficient (Wildman–Crippen LogP) is 0.386. The average molecular weight is 509 g/mol. The zero-order valence-electron chi connectivity index (χ0n) is 21.0. The van der Waals surface area contributed by atoms with Gasteiger partial charge < -0.3 is 33.9 Å². The Labute approximate surface area is 216 Å². The molecule has 3 aliphatic rings. The topological polar surface area (TPSA) is 102 Å². The monoisotopic (exact) mass is 508 g/mol. The maximum atomic E-state index is 13.8. The molecule has 0 aliphatic carbocycles. The summed E-state index contributed by atoms with van der Waals surface area (Å²) in [5.41, 5.74) is 0.904. The van der Waals surface area contributed by atoms with Crippen LogP contribution < -0.4 is 24.2 Å². The summed E-state index contributed by atoms with van der Waals surface area (Å²) >= 11 is 0. The van der Waals surface area contributed by atoms with Gasteiger partial charge in [-0.1, -0.05) is 30.9 Å². The van der Waals surface area contributed by atoms with Gasteiger partial charge in [0.25, 0.3) is 5.91 Å². The van der Waals surface area contributed by atoms with Crippen molar-refractivity contribution in [1.29, 1.82) is 0 Å². The van der Waals surface area contributed by atoms with Crippen LogP contribution in [0.15, 0.2) is 48.0 Å². The molecule has 2 fully saturated rings. The van der Waals surface area contributed by atoms with Crippen LogP contribution in [0.3, 0.4) is 0 Å². The maximum absolute atomic E-state index is 13.8. The molecule has 0 radical (unpaired) electrons. The third-order valence-corrected chi connectivity index (χ3v) is 6.89. The van der Waals surface area contributed by atoms with Crippen LogP contribution in [0.5, 0.6) is 17.2 Å². The number of likely N-dealkylation sites (tertiary alicyclic amines) is 1. The van der Waals surface area contributed by atoms with Gasteiger partial charge in [0.05, 0.1) is 39.0 Å². The highest BCUT2D eigenvalue weighted by atomic mass is 16.6. The summed E-state index contributed by atoms with van der Waals surface area (Å²) in [4.78, 5) is 29.5. The number of fused-ring (bicyclic) bond motifs is 1. The summed E-state index contributed by atoms with van der Waals surface area (Å²) in [7, 11) is 0. The first-order valence-electron chi connectivity index (χ1n) is 12.9. The van der Waals surface area contributed by atoms with E-state index in [1.165, 1.54) is 9.80 Å². The lowest BCUT2D eigenvalue weighted by atomic mass is 9.95. The van der Waals surface area contributed by atoms with Crippen molar-refractivity contribution < 1.29 is 38.5 Å². The Kier molecular flexibility index (Phi) is 7.62. The smallest absolute Gasteiger partial charge is 0.295 e. The van der Waals surface area contributed by atoms with Crippen molar-refractivity contribution in [1.82, 2.24) is 4.90 Å². The van der Waals surface area contributed by atoms with E-state index >= 15 is 0 Å². The van der Waals surface area contributed by atoms with Crippen molar-refractivity contribution in [3.8, 4) is 17.2 Å². The van der Waals surface area contributed by atoms with Crippen LogP contribution in [-0.2, 0) is 14.3 Å². The highest BCUT2D eigenvalue weighted by Gasteiger charge is 2.44. The van der Waals surface area contributed by atoms with E-state index < -0.39 is 23.5 Å². The number of nitrogens with zero attached hydrogens (tertiary/aromatic N) is 1. The van der Waals surface area contributed by atoms with Crippen LogP contribution in [-0.4, -0.2) is 75.8 Å². The van der Waals surface area contributed by atoms with Crippen molar-refractivity contribution >= 4 is 17.4 Å². The highest BCUT2D eigenvalue weighted by Crippen LogP contribution is 2.40. The molecule has 37 heavy (non-hydrogen) atoms. The molecule has 2 aromatic rings. The third kappa shape index (κ3) is 5.28. The second-order valence-electron chi connectivity index (χ2n) is 9.36. The van der Waals surface area contributed by atoms with Crippen molar-refractivity contribution in [3.05, 3.63) is 59.2 Å². The molecule has 5 rings (SSSR count).